The maximum atomic E-state index is 11.9. The molecule has 23 heavy (non-hydrogen) atoms. The number of ether oxygens (including phenoxy) is 1. The summed E-state index contributed by atoms with van der Waals surface area (Å²) in [7, 11) is 1.30. The Bertz CT molecular complexity index is 757. The quantitative estimate of drug-likeness (QED) is 0.512. The molecule has 0 aliphatic carbocycles. The molecule has 0 atom stereocenters. The summed E-state index contributed by atoms with van der Waals surface area (Å²) in [6.45, 7) is 0. The Hall–Kier alpha value is -2.86. The van der Waals surface area contributed by atoms with Crippen molar-refractivity contribution in [1.29, 1.82) is 0 Å². The Balaban J connectivity index is 2.02. The van der Waals surface area contributed by atoms with Crippen molar-refractivity contribution in [2.75, 3.05) is 7.11 Å². The molecule has 1 amide bonds. The zero-order chi connectivity index (χ0) is 16.8. The monoisotopic (exact) mass is 332 g/mol. The van der Waals surface area contributed by atoms with Gasteiger partial charge >= 0.3 is 5.97 Å². The highest BCUT2D eigenvalue weighted by Gasteiger charge is 2.10. The summed E-state index contributed by atoms with van der Waals surface area (Å²) in [4.78, 5) is 23.2. The van der Waals surface area contributed by atoms with Crippen LogP contribution < -0.4 is 5.43 Å². The molecule has 2 N–H and O–H groups in total. The lowest BCUT2D eigenvalue weighted by molar-refractivity contribution is 0.0600. The number of nitrogens with one attached hydrogen (secondary N) is 1. The smallest absolute Gasteiger partial charge is 0.337 e. The molecule has 0 spiro atoms. The van der Waals surface area contributed by atoms with Gasteiger partial charge in [0.2, 0.25) is 0 Å². The molecule has 0 unspecified atom stereocenters. The Morgan fingerprint density at radius 1 is 1.22 bits per heavy atom. The van der Waals surface area contributed by atoms with Gasteiger partial charge in [-0.3, -0.25) is 4.79 Å². The van der Waals surface area contributed by atoms with Gasteiger partial charge in [-0.05, 0) is 35.9 Å². The van der Waals surface area contributed by atoms with Crippen LogP contribution in [-0.4, -0.2) is 30.3 Å². The molecule has 118 valence electrons. The molecule has 0 fully saturated rings. The number of methoxy groups -OCH3 is 1. The molecule has 0 saturated carbocycles. The molecular weight excluding hydrogens is 320 g/mol. The number of nitrogens with zero attached hydrogens (tertiary/aromatic N) is 1. The fourth-order valence-electron chi connectivity index (χ4n) is 1.74. The molecule has 0 aromatic heterocycles. The number of halogens is 1. The summed E-state index contributed by atoms with van der Waals surface area (Å²) in [5, 5.41) is 13.7. The molecule has 0 aliphatic rings. The number of hydrazone groups is 1. The van der Waals surface area contributed by atoms with Gasteiger partial charge in [-0.1, -0.05) is 23.7 Å². The third kappa shape index (κ3) is 4.31. The van der Waals surface area contributed by atoms with E-state index in [1.165, 1.54) is 31.5 Å². The summed E-state index contributed by atoms with van der Waals surface area (Å²) in [5.74, 6) is -1.21. The van der Waals surface area contributed by atoms with Crippen molar-refractivity contribution >= 4 is 29.7 Å². The second-order valence-corrected chi connectivity index (χ2v) is 4.91. The molecule has 0 saturated heterocycles. The number of hydrogen-bond acceptors (Lipinski definition) is 5. The van der Waals surface area contributed by atoms with Crippen molar-refractivity contribution in [3.63, 3.8) is 0 Å². The van der Waals surface area contributed by atoms with Gasteiger partial charge in [0.1, 0.15) is 5.75 Å². The van der Waals surface area contributed by atoms with E-state index < -0.39 is 11.9 Å². The van der Waals surface area contributed by atoms with E-state index in [2.05, 4.69) is 15.3 Å². The van der Waals surface area contributed by atoms with Gasteiger partial charge in [-0.15, -0.1) is 0 Å². The average molecular weight is 333 g/mol. The van der Waals surface area contributed by atoms with Gasteiger partial charge in [0.05, 0.1) is 24.5 Å². The molecule has 0 heterocycles. The third-order valence-electron chi connectivity index (χ3n) is 2.91. The minimum absolute atomic E-state index is 0.0238. The second kappa shape index (κ2) is 7.42. The lowest BCUT2D eigenvalue weighted by Crippen LogP contribution is -2.17. The van der Waals surface area contributed by atoms with Crippen LogP contribution in [0.3, 0.4) is 0 Å². The van der Waals surface area contributed by atoms with E-state index in [0.29, 0.717) is 16.1 Å². The summed E-state index contributed by atoms with van der Waals surface area (Å²) in [5.41, 5.74) is 3.40. The minimum Gasteiger partial charge on any atom is -0.507 e. The van der Waals surface area contributed by atoms with E-state index in [1.807, 2.05) is 0 Å². The summed E-state index contributed by atoms with van der Waals surface area (Å²) >= 11 is 5.78. The van der Waals surface area contributed by atoms with Gasteiger partial charge in [-0.2, -0.15) is 5.10 Å². The number of phenols is 1. The molecule has 2 rings (SSSR count). The van der Waals surface area contributed by atoms with Crippen LogP contribution in [0.1, 0.15) is 26.3 Å². The standard InChI is InChI=1S/C16H13ClN2O4/c1-23-16(22)11-4-2-10(3-5-11)9-18-19-15(21)13-8-12(17)6-7-14(13)20/h2-9,20H,1H3,(H,19,21)/b18-9-. The van der Waals surface area contributed by atoms with Crippen molar-refractivity contribution < 1.29 is 19.4 Å². The van der Waals surface area contributed by atoms with E-state index in [9.17, 15) is 14.7 Å². The van der Waals surface area contributed by atoms with E-state index in [1.54, 1.807) is 24.3 Å². The van der Waals surface area contributed by atoms with Gasteiger partial charge in [0.15, 0.2) is 0 Å². The zero-order valence-corrected chi connectivity index (χ0v) is 12.9. The number of amides is 1. The maximum Gasteiger partial charge on any atom is 0.337 e. The van der Waals surface area contributed by atoms with Gasteiger partial charge in [0.25, 0.3) is 5.91 Å². The normalized spacial score (nSPS) is 10.5. The molecular formula is C16H13ClN2O4. The summed E-state index contributed by atoms with van der Waals surface area (Å²) < 4.78 is 4.59. The van der Waals surface area contributed by atoms with Gasteiger partial charge < -0.3 is 9.84 Å². The van der Waals surface area contributed by atoms with Crippen molar-refractivity contribution in [2.45, 2.75) is 0 Å². The van der Waals surface area contributed by atoms with Crippen LogP contribution in [0.5, 0.6) is 5.75 Å². The van der Waals surface area contributed by atoms with E-state index in [-0.39, 0.29) is 11.3 Å². The van der Waals surface area contributed by atoms with Crippen molar-refractivity contribution in [3.05, 3.63) is 64.2 Å². The lowest BCUT2D eigenvalue weighted by atomic mass is 10.1. The van der Waals surface area contributed by atoms with E-state index in [4.69, 9.17) is 11.6 Å². The predicted octanol–water partition coefficient (Wildman–Crippen LogP) is 2.60. The summed E-state index contributed by atoms with van der Waals surface area (Å²) in [6, 6.07) is 10.6. The van der Waals surface area contributed by atoms with Crippen molar-refractivity contribution in [2.24, 2.45) is 5.10 Å². The number of rotatable bonds is 4. The summed E-state index contributed by atoms with van der Waals surface area (Å²) in [6.07, 6.45) is 1.40. The molecule has 0 aliphatic heterocycles. The highest BCUT2D eigenvalue weighted by Crippen LogP contribution is 2.21. The fourth-order valence-corrected chi connectivity index (χ4v) is 1.91. The zero-order valence-electron chi connectivity index (χ0n) is 12.1. The number of hydrogen-bond donors (Lipinski definition) is 2. The molecule has 2 aromatic carbocycles. The number of esters is 1. The van der Waals surface area contributed by atoms with E-state index >= 15 is 0 Å². The first kappa shape index (κ1) is 16.5. The molecule has 7 heteroatoms. The Morgan fingerprint density at radius 2 is 1.91 bits per heavy atom. The van der Waals surface area contributed by atoms with E-state index in [0.717, 1.165) is 0 Å². The van der Waals surface area contributed by atoms with Crippen LogP contribution >= 0.6 is 11.6 Å². The van der Waals surface area contributed by atoms with Crippen LogP contribution in [-0.2, 0) is 4.74 Å². The molecule has 6 nitrogen and oxygen atoms in total. The Morgan fingerprint density at radius 3 is 2.57 bits per heavy atom. The van der Waals surface area contributed by atoms with Crippen molar-refractivity contribution in [3.8, 4) is 5.75 Å². The largest absolute Gasteiger partial charge is 0.507 e. The number of carbonyl (C=O) groups excluding carboxylic acids is 2. The lowest BCUT2D eigenvalue weighted by Gasteiger charge is -2.03. The Kier molecular flexibility index (Phi) is 5.32. The third-order valence-corrected chi connectivity index (χ3v) is 3.15. The van der Waals surface area contributed by atoms with Crippen LogP contribution in [0.15, 0.2) is 47.6 Å². The average Bonchev–Trinajstić information content (AvgIpc) is 2.56. The predicted molar refractivity (Wildman–Crippen MR) is 86.0 cm³/mol. The first-order valence-corrected chi connectivity index (χ1v) is 6.89. The SMILES string of the molecule is COC(=O)c1ccc(/C=N\NC(=O)c2cc(Cl)ccc2O)cc1. The molecule has 0 radical (unpaired) electrons. The fraction of sp³-hybridized carbons (Fsp3) is 0.0625. The number of benzene rings is 2. The highest BCUT2D eigenvalue weighted by atomic mass is 35.5. The van der Waals surface area contributed by atoms with Crippen LogP contribution in [0.2, 0.25) is 5.02 Å². The number of carbonyl (C=O) groups is 2. The van der Waals surface area contributed by atoms with Crippen LogP contribution in [0.25, 0.3) is 0 Å². The minimum atomic E-state index is -0.590. The van der Waals surface area contributed by atoms with Crippen LogP contribution in [0, 0.1) is 0 Å². The van der Waals surface area contributed by atoms with Crippen molar-refractivity contribution in [1.82, 2.24) is 5.43 Å². The van der Waals surface area contributed by atoms with Gasteiger partial charge in [0, 0.05) is 5.02 Å². The van der Waals surface area contributed by atoms with Crippen LogP contribution in [0.4, 0.5) is 0 Å². The maximum absolute atomic E-state index is 11.9. The first-order valence-electron chi connectivity index (χ1n) is 6.51. The highest BCUT2D eigenvalue weighted by molar-refractivity contribution is 6.31. The number of aromatic hydroxyl groups is 1. The number of phenolic OH excluding ortho intramolecular Hbond substituents is 1. The topological polar surface area (TPSA) is 88.0 Å². The second-order valence-electron chi connectivity index (χ2n) is 4.47. The molecule has 2 aromatic rings. The molecule has 0 bridgehead atoms. The van der Waals surface area contributed by atoms with Gasteiger partial charge in [-0.25, -0.2) is 10.2 Å². The Labute approximate surface area is 137 Å². The first-order chi connectivity index (χ1) is 11.0.